The highest BCUT2D eigenvalue weighted by Gasteiger charge is 2.02. The number of hydrogen-bond acceptors (Lipinski definition) is 4. The molecule has 5 nitrogen and oxygen atoms in total. The van der Waals surface area contributed by atoms with Crippen molar-refractivity contribution >= 4 is 11.6 Å². The number of carbonyl (C=O) groups excluding carboxylic acids is 1. The highest BCUT2D eigenvalue weighted by Crippen LogP contribution is 2.08. The summed E-state index contributed by atoms with van der Waals surface area (Å²) in [4.78, 5) is 19.3. The Hall–Kier alpha value is -1.65. The summed E-state index contributed by atoms with van der Waals surface area (Å²) in [6, 6.07) is 0.328. The summed E-state index contributed by atoms with van der Waals surface area (Å²) in [5.74, 6) is -0.00499. The fourth-order valence-corrected chi connectivity index (χ4v) is 1.15. The molecule has 0 saturated carbocycles. The predicted molar refractivity (Wildman–Crippen MR) is 61.4 cm³/mol. The summed E-state index contributed by atoms with van der Waals surface area (Å²) in [5.41, 5.74) is 0.601. The maximum atomic E-state index is 11.4. The van der Waals surface area contributed by atoms with Crippen molar-refractivity contribution in [3.63, 3.8) is 0 Å². The first-order valence-electron chi connectivity index (χ1n) is 5.51. The molecule has 0 spiro atoms. The summed E-state index contributed by atoms with van der Waals surface area (Å²) in [6.45, 7) is 4.44. The Morgan fingerprint density at radius 1 is 1.38 bits per heavy atom. The molecule has 0 bridgehead atoms. The van der Waals surface area contributed by atoms with Crippen LogP contribution in [0.4, 0.5) is 5.69 Å². The average Bonchev–Trinajstić information content (AvgIpc) is 2.29. The molecule has 0 aliphatic heterocycles. The van der Waals surface area contributed by atoms with E-state index in [2.05, 4.69) is 15.3 Å². The molecule has 1 heterocycles. The van der Waals surface area contributed by atoms with Gasteiger partial charge < -0.3 is 10.1 Å². The van der Waals surface area contributed by atoms with Gasteiger partial charge in [-0.15, -0.1) is 0 Å². The van der Waals surface area contributed by atoms with Gasteiger partial charge in [-0.3, -0.25) is 4.79 Å². The van der Waals surface area contributed by atoms with Crippen LogP contribution < -0.4 is 10.1 Å². The second-order valence-corrected chi connectivity index (χ2v) is 3.34. The first-order chi connectivity index (χ1) is 7.76. The lowest BCUT2D eigenvalue weighted by Gasteiger charge is -2.04. The largest absolute Gasteiger partial charge is 0.464 e. The maximum absolute atomic E-state index is 11.4. The van der Waals surface area contributed by atoms with Crippen LogP contribution >= 0.6 is 0 Å². The van der Waals surface area contributed by atoms with E-state index >= 15 is 0 Å². The number of carbonyl (C=O) groups is 1. The Kier molecular flexibility index (Phi) is 5.25. The topological polar surface area (TPSA) is 64.1 Å². The lowest BCUT2D eigenvalue weighted by molar-refractivity contribution is -0.116. The molecular weight excluding hydrogens is 206 g/mol. The Morgan fingerprint density at radius 2 is 2.06 bits per heavy atom. The molecule has 88 valence electrons. The molecule has 0 radical (unpaired) electrons. The first-order valence-corrected chi connectivity index (χ1v) is 5.51. The Labute approximate surface area is 95.3 Å². The standard InChI is InChI=1S/C11H17N3O2/c1-3-5-6-10(15)14-9-7-12-11(13-8-9)16-4-2/h7-8H,3-6H2,1-2H3,(H,14,15). The highest BCUT2D eigenvalue weighted by molar-refractivity contribution is 5.90. The van der Waals surface area contributed by atoms with Crippen molar-refractivity contribution in [1.82, 2.24) is 9.97 Å². The molecule has 1 aromatic heterocycles. The van der Waals surface area contributed by atoms with Crippen LogP contribution in [0.1, 0.15) is 33.1 Å². The number of ether oxygens (including phenoxy) is 1. The second-order valence-electron chi connectivity index (χ2n) is 3.34. The second kappa shape index (κ2) is 6.76. The molecule has 0 unspecified atom stereocenters. The van der Waals surface area contributed by atoms with Gasteiger partial charge in [-0.05, 0) is 13.3 Å². The van der Waals surface area contributed by atoms with E-state index in [0.717, 1.165) is 12.8 Å². The summed E-state index contributed by atoms with van der Waals surface area (Å²) in [7, 11) is 0. The van der Waals surface area contributed by atoms with E-state index in [1.165, 1.54) is 0 Å². The summed E-state index contributed by atoms with van der Waals surface area (Å²) >= 11 is 0. The molecule has 0 fully saturated rings. The van der Waals surface area contributed by atoms with Crippen LogP contribution in [0.15, 0.2) is 12.4 Å². The van der Waals surface area contributed by atoms with Crippen LogP contribution in [-0.4, -0.2) is 22.5 Å². The van der Waals surface area contributed by atoms with Gasteiger partial charge in [0.25, 0.3) is 0 Å². The van der Waals surface area contributed by atoms with Gasteiger partial charge in [0.2, 0.25) is 5.91 Å². The van der Waals surface area contributed by atoms with Gasteiger partial charge in [0.05, 0.1) is 24.7 Å². The van der Waals surface area contributed by atoms with Crippen LogP contribution in [0.25, 0.3) is 0 Å². The van der Waals surface area contributed by atoms with Crippen molar-refractivity contribution in [2.45, 2.75) is 33.1 Å². The quantitative estimate of drug-likeness (QED) is 0.801. The van der Waals surface area contributed by atoms with Crippen molar-refractivity contribution in [2.24, 2.45) is 0 Å². The Morgan fingerprint density at radius 3 is 2.62 bits per heavy atom. The van der Waals surface area contributed by atoms with E-state index in [1.807, 2.05) is 13.8 Å². The van der Waals surface area contributed by atoms with Crippen LogP contribution in [0.5, 0.6) is 6.01 Å². The molecule has 1 N–H and O–H groups in total. The zero-order valence-corrected chi connectivity index (χ0v) is 9.69. The molecule has 0 aliphatic carbocycles. The Bertz CT molecular complexity index is 325. The van der Waals surface area contributed by atoms with Crippen LogP contribution in [0.2, 0.25) is 0 Å². The van der Waals surface area contributed by atoms with Crippen molar-refractivity contribution < 1.29 is 9.53 Å². The molecule has 0 aromatic carbocycles. The number of amides is 1. The van der Waals surface area contributed by atoms with Gasteiger partial charge in [0.1, 0.15) is 0 Å². The minimum Gasteiger partial charge on any atom is -0.464 e. The smallest absolute Gasteiger partial charge is 0.316 e. The lowest BCUT2D eigenvalue weighted by Crippen LogP contribution is -2.11. The normalized spacial score (nSPS) is 9.88. The van der Waals surface area contributed by atoms with Crippen LogP contribution in [0, 0.1) is 0 Å². The van der Waals surface area contributed by atoms with Gasteiger partial charge in [0, 0.05) is 6.42 Å². The van der Waals surface area contributed by atoms with Crippen molar-refractivity contribution in [3.8, 4) is 6.01 Å². The molecule has 1 rings (SSSR count). The third-order valence-corrected chi connectivity index (χ3v) is 1.94. The van der Waals surface area contributed by atoms with Gasteiger partial charge in [-0.25, -0.2) is 9.97 Å². The molecular formula is C11H17N3O2. The van der Waals surface area contributed by atoms with Gasteiger partial charge in [-0.1, -0.05) is 13.3 Å². The molecule has 0 atom stereocenters. The fraction of sp³-hybridized carbons (Fsp3) is 0.545. The number of nitrogens with zero attached hydrogens (tertiary/aromatic N) is 2. The first kappa shape index (κ1) is 12.4. The third-order valence-electron chi connectivity index (χ3n) is 1.94. The number of rotatable bonds is 6. The molecule has 1 aromatic rings. The highest BCUT2D eigenvalue weighted by atomic mass is 16.5. The van der Waals surface area contributed by atoms with E-state index in [4.69, 9.17) is 4.74 Å². The SMILES string of the molecule is CCCCC(=O)Nc1cnc(OCC)nc1. The van der Waals surface area contributed by atoms with Gasteiger partial charge in [-0.2, -0.15) is 0 Å². The number of unbranched alkanes of at least 4 members (excludes halogenated alkanes) is 1. The number of nitrogens with one attached hydrogen (secondary N) is 1. The van der Waals surface area contributed by atoms with E-state index in [9.17, 15) is 4.79 Å². The number of anilines is 1. The number of hydrogen-bond donors (Lipinski definition) is 1. The van der Waals surface area contributed by atoms with Crippen molar-refractivity contribution in [1.29, 1.82) is 0 Å². The van der Waals surface area contributed by atoms with Crippen LogP contribution in [0.3, 0.4) is 0 Å². The molecule has 0 saturated heterocycles. The van der Waals surface area contributed by atoms with Crippen molar-refractivity contribution in [2.75, 3.05) is 11.9 Å². The Balaban J connectivity index is 2.45. The third kappa shape index (κ3) is 4.25. The maximum Gasteiger partial charge on any atom is 0.316 e. The summed E-state index contributed by atoms with van der Waals surface area (Å²) < 4.78 is 5.10. The van der Waals surface area contributed by atoms with E-state index < -0.39 is 0 Å². The fourth-order valence-electron chi connectivity index (χ4n) is 1.15. The zero-order valence-electron chi connectivity index (χ0n) is 9.69. The summed E-state index contributed by atoms with van der Waals surface area (Å²) in [6.07, 6.45) is 5.52. The minimum atomic E-state index is -0.00499. The monoisotopic (exact) mass is 223 g/mol. The molecule has 1 amide bonds. The molecule has 0 aliphatic rings. The lowest BCUT2D eigenvalue weighted by atomic mass is 10.2. The summed E-state index contributed by atoms with van der Waals surface area (Å²) in [5, 5.41) is 2.73. The van der Waals surface area contributed by atoms with Gasteiger partial charge >= 0.3 is 6.01 Å². The molecule has 5 heteroatoms. The van der Waals surface area contributed by atoms with E-state index in [-0.39, 0.29) is 5.91 Å². The van der Waals surface area contributed by atoms with E-state index in [0.29, 0.717) is 24.7 Å². The average molecular weight is 223 g/mol. The van der Waals surface area contributed by atoms with Gasteiger partial charge in [0.15, 0.2) is 0 Å². The van der Waals surface area contributed by atoms with Crippen LogP contribution in [-0.2, 0) is 4.79 Å². The predicted octanol–water partition coefficient (Wildman–Crippen LogP) is 2.00. The van der Waals surface area contributed by atoms with Crippen molar-refractivity contribution in [3.05, 3.63) is 12.4 Å². The van der Waals surface area contributed by atoms with E-state index in [1.54, 1.807) is 12.4 Å². The molecule has 16 heavy (non-hydrogen) atoms. The number of aromatic nitrogens is 2. The minimum absolute atomic E-state index is 0.00499. The zero-order chi connectivity index (χ0) is 11.8.